The molecule has 0 amide bonds. The van der Waals surface area contributed by atoms with Gasteiger partial charge in [0.1, 0.15) is 4.60 Å². The van der Waals surface area contributed by atoms with Crippen LogP contribution in [0, 0.1) is 5.41 Å². The molecule has 0 atom stereocenters. The van der Waals surface area contributed by atoms with Crippen LogP contribution in [-0.2, 0) is 10.0 Å². The van der Waals surface area contributed by atoms with Crippen LogP contribution in [0.4, 0.5) is 5.82 Å². The fourth-order valence-electron chi connectivity index (χ4n) is 1.17. The summed E-state index contributed by atoms with van der Waals surface area (Å²) in [5, 5.41) is 0. The van der Waals surface area contributed by atoms with Crippen molar-refractivity contribution in [1.82, 2.24) is 9.97 Å². The van der Waals surface area contributed by atoms with Crippen molar-refractivity contribution < 1.29 is 8.42 Å². The molecule has 0 aromatic carbocycles. The minimum Gasteiger partial charge on any atom is -0.265 e. The standard InChI is InChI=1S/C9H13Br2N3O2S/c1-9(2,3)5-17(15,16)14-8-7(11)13-6(10)4-12-8/h4H,5H2,1-3H3,(H,12,14). The zero-order chi connectivity index (χ0) is 13.3. The van der Waals surface area contributed by atoms with Crippen molar-refractivity contribution in [3.05, 3.63) is 15.4 Å². The second-order valence-corrected chi connectivity index (χ2v) is 8.04. The van der Waals surface area contributed by atoms with E-state index in [1.54, 1.807) is 0 Å². The Morgan fingerprint density at radius 2 is 1.94 bits per heavy atom. The average molecular weight is 387 g/mol. The van der Waals surface area contributed by atoms with Gasteiger partial charge in [0.15, 0.2) is 10.4 Å². The van der Waals surface area contributed by atoms with Crippen LogP contribution >= 0.6 is 31.9 Å². The van der Waals surface area contributed by atoms with E-state index < -0.39 is 10.0 Å². The van der Waals surface area contributed by atoms with Gasteiger partial charge in [-0.1, -0.05) is 20.8 Å². The molecule has 1 aromatic rings. The highest BCUT2D eigenvalue weighted by Crippen LogP contribution is 2.22. The van der Waals surface area contributed by atoms with Crippen LogP contribution in [0.1, 0.15) is 20.8 Å². The molecule has 0 aliphatic rings. The fourth-order valence-corrected chi connectivity index (χ4v) is 3.87. The van der Waals surface area contributed by atoms with Crippen LogP contribution in [0.15, 0.2) is 15.4 Å². The quantitative estimate of drug-likeness (QED) is 0.866. The summed E-state index contributed by atoms with van der Waals surface area (Å²) in [6, 6.07) is 0. The van der Waals surface area contributed by atoms with E-state index in [0.717, 1.165) is 0 Å². The minimum absolute atomic E-state index is 0.0180. The summed E-state index contributed by atoms with van der Waals surface area (Å²) < 4.78 is 27.0. The first-order chi connectivity index (χ1) is 7.59. The Bertz CT molecular complexity index is 511. The lowest BCUT2D eigenvalue weighted by Crippen LogP contribution is -2.26. The zero-order valence-electron chi connectivity index (χ0n) is 9.66. The van der Waals surface area contributed by atoms with Crippen molar-refractivity contribution in [2.75, 3.05) is 10.5 Å². The van der Waals surface area contributed by atoms with Crippen molar-refractivity contribution in [2.24, 2.45) is 5.41 Å². The summed E-state index contributed by atoms with van der Waals surface area (Å²) in [5.41, 5.74) is -0.318. The Kier molecular flexibility index (Phi) is 4.54. The minimum atomic E-state index is -3.43. The summed E-state index contributed by atoms with van der Waals surface area (Å²) in [5.74, 6) is 0.210. The van der Waals surface area contributed by atoms with Crippen LogP contribution in [0.25, 0.3) is 0 Å². The lowest BCUT2D eigenvalue weighted by molar-refractivity contribution is 0.463. The van der Waals surface area contributed by atoms with Gasteiger partial charge in [0.05, 0.1) is 11.9 Å². The van der Waals surface area contributed by atoms with E-state index in [1.165, 1.54) is 6.20 Å². The molecule has 0 aliphatic heterocycles. The predicted octanol–water partition coefficient (Wildman–Crippen LogP) is 2.79. The number of nitrogens with zero attached hydrogens (tertiary/aromatic N) is 2. The maximum absolute atomic E-state index is 11.8. The molecule has 5 nitrogen and oxygen atoms in total. The van der Waals surface area contributed by atoms with Crippen molar-refractivity contribution >= 4 is 47.7 Å². The highest BCUT2D eigenvalue weighted by atomic mass is 79.9. The molecule has 1 heterocycles. The van der Waals surface area contributed by atoms with Crippen LogP contribution in [0.3, 0.4) is 0 Å². The summed E-state index contributed by atoms with van der Waals surface area (Å²) in [7, 11) is -3.43. The van der Waals surface area contributed by atoms with Gasteiger partial charge in [-0.15, -0.1) is 0 Å². The normalized spacial score (nSPS) is 12.5. The van der Waals surface area contributed by atoms with Gasteiger partial charge in [-0.3, -0.25) is 4.72 Å². The number of rotatable bonds is 3. The number of aromatic nitrogens is 2. The monoisotopic (exact) mass is 385 g/mol. The molecule has 1 N–H and O–H groups in total. The Labute approximate surface area is 118 Å². The topological polar surface area (TPSA) is 72.0 Å². The molecular weight excluding hydrogens is 374 g/mol. The number of hydrogen-bond acceptors (Lipinski definition) is 4. The third-order valence-electron chi connectivity index (χ3n) is 1.58. The van der Waals surface area contributed by atoms with E-state index in [4.69, 9.17) is 0 Å². The van der Waals surface area contributed by atoms with Crippen molar-refractivity contribution in [1.29, 1.82) is 0 Å². The van der Waals surface area contributed by atoms with Gasteiger partial charge in [0.25, 0.3) is 0 Å². The summed E-state index contributed by atoms with van der Waals surface area (Å²) in [6.07, 6.45) is 1.43. The van der Waals surface area contributed by atoms with Gasteiger partial charge in [-0.2, -0.15) is 0 Å². The summed E-state index contributed by atoms with van der Waals surface area (Å²) >= 11 is 6.29. The number of halogens is 2. The molecule has 0 saturated heterocycles. The van der Waals surface area contributed by atoms with Gasteiger partial charge in [0, 0.05) is 0 Å². The van der Waals surface area contributed by atoms with Crippen molar-refractivity contribution in [3.63, 3.8) is 0 Å². The Morgan fingerprint density at radius 1 is 1.35 bits per heavy atom. The molecular formula is C9H13Br2N3O2S. The molecule has 0 bridgehead atoms. The second kappa shape index (κ2) is 5.19. The van der Waals surface area contributed by atoms with Gasteiger partial charge >= 0.3 is 0 Å². The maximum atomic E-state index is 11.8. The molecule has 0 aliphatic carbocycles. The average Bonchev–Trinajstić information content (AvgIpc) is 2.05. The fraction of sp³-hybridized carbons (Fsp3) is 0.556. The third kappa shape index (κ3) is 5.31. The van der Waals surface area contributed by atoms with E-state index in [0.29, 0.717) is 9.21 Å². The van der Waals surface area contributed by atoms with Crippen LogP contribution in [0.5, 0.6) is 0 Å². The predicted molar refractivity (Wildman–Crippen MR) is 74.3 cm³/mol. The Morgan fingerprint density at radius 3 is 2.41 bits per heavy atom. The summed E-state index contributed by atoms with van der Waals surface area (Å²) in [4.78, 5) is 7.94. The molecule has 1 rings (SSSR count). The first-order valence-electron chi connectivity index (χ1n) is 4.78. The largest absolute Gasteiger partial charge is 0.265 e. The molecule has 0 fully saturated rings. The number of sulfonamides is 1. The molecule has 17 heavy (non-hydrogen) atoms. The van der Waals surface area contributed by atoms with Crippen molar-refractivity contribution in [3.8, 4) is 0 Å². The lowest BCUT2D eigenvalue weighted by Gasteiger charge is -2.18. The van der Waals surface area contributed by atoms with Gasteiger partial charge < -0.3 is 0 Å². The van der Waals surface area contributed by atoms with E-state index in [9.17, 15) is 8.42 Å². The van der Waals surface area contributed by atoms with E-state index in [2.05, 4.69) is 46.5 Å². The van der Waals surface area contributed by atoms with E-state index >= 15 is 0 Å². The Balaban J connectivity index is 2.91. The molecule has 1 aromatic heterocycles. The first-order valence-corrected chi connectivity index (χ1v) is 8.01. The maximum Gasteiger partial charge on any atom is 0.234 e. The smallest absolute Gasteiger partial charge is 0.234 e. The molecule has 0 unspecified atom stereocenters. The van der Waals surface area contributed by atoms with Gasteiger partial charge in [0.2, 0.25) is 10.0 Å². The molecule has 0 radical (unpaired) electrons. The Hall–Kier alpha value is -0.210. The molecule has 0 saturated carbocycles. The van der Waals surface area contributed by atoms with Crippen LogP contribution < -0.4 is 4.72 Å². The van der Waals surface area contributed by atoms with Gasteiger partial charge in [-0.05, 0) is 37.3 Å². The number of anilines is 1. The van der Waals surface area contributed by atoms with Gasteiger partial charge in [-0.25, -0.2) is 18.4 Å². The highest BCUT2D eigenvalue weighted by molar-refractivity contribution is 9.11. The molecule has 96 valence electrons. The summed E-state index contributed by atoms with van der Waals surface area (Å²) in [6.45, 7) is 5.57. The van der Waals surface area contributed by atoms with Crippen LogP contribution in [-0.4, -0.2) is 24.1 Å². The van der Waals surface area contributed by atoms with Crippen LogP contribution in [0.2, 0.25) is 0 Å². The molecule has 8 heteroatoms. The zero-order valence-corrected chi connectivity index (χ0v) is 13.6. The third-order valence-corrected chi connectivity index (χ3v) is 4.26. The number of nitrogens with one attached hydrogen (secondary N) is 1. The van der Waals surface area contributed by atoms with Crippen molar-refractivity contribution in [2.45, 2.75) is 20.8 Å². The molecule has 0 spiro atoms. The first kappa shape index (κ1) is 14.8. The van der Waals surface area contributed by atoms with E-state index in [-0.39, 0.29) is 17.0 Å². The lowest BCUT2D eigenvalue weighted by atomic mass is 10.0. The number of hydrogen-bond donors (Lipinski definition) is 1. The van der Waals surface area contributed by atoms with E-state index in [1.807, 2.05) is 20.8 Å². The highest BCUT2D eigenvalue weighted by Gasteiger charge is 2.22. The SMILES string of the molecule is CC(C)(C)CS(=O)(=O)Nc1ncc(Br)nc1Br. The second-order valence-electron chi connectivity index (χ2n) is 4.75.